The standard InChI is InChI=1S/C9H16O/c1-7(2)6-8-4-3-5-9(8)10/h4,7,9-10H,3,5-6H2,1-2H3/t9-/m1/s1. The van der Waals surface area contributed by atoms with E-state index in [1.165, 1.54) is 5.57 Å². The zero-order valence-electron chi connectivity index (χ0n) is 6.80. The Morgan fingerprint density at radius 3 is 2.80 bits per heavy atom. The lowest BCUT2D eigenvalue weighted by molar-refractivity contribution is 0.205. The van der Waals surface area contributed by atoms with Crippen molar-refractivity contribution in [2.75, 3.05) is 0 Å². The van der Waals surface area contributed by atoms with Crippen molar-refractivity contribution < 1.29 is 5.11 Å². The van der Waals surface area contributed by atoms with Gasteiger partial charge in [0.25, 0.3) is 0 Å². The maximum atomic E-state index is 9.37. The normalized spacial score (nSPS) is 25.6. The zero-order valence-corrected chi connectivity index (χ0v) is 6.80. The first kappa shape index (κ1) is 7.80. The molecule has 0 saturated carbocycles. The predicted octanol–water partition coefficient (Wildman–Crippen LogP) is 2.11. The molecule has 1 aliphatic rings. The maximum Gasteiger partial charge on any atom is 0.0753 e. The van der Waals surface area contributed by atoms with Crippen LogP contribution in [0.1, 0.15) is 33.1 Å². The Kier molecular flexibility index (Phi) is 2.50. The minimum absolute atomic E-state index is 0.123. The van der Waals surface area contributed by atoms with E-state index >= 15 is 0 Å². The first-order chi connectivity index (χ1) is 4.70. The highest BCUT2D eigenvalue weighted by molar-refractivity contribution is 5.13. The van der Waals surface area contributed by atoms with Crippen molar-refractivity contribution >= 4 is 0 Å². The van der Waals surface area contributed by atoms with Gasteiger partial charge in [-0.3, -0.25) is 0 Å². The van der Waals surface area contributed by atoms with E-state index in [4.69, 9.17) is 0 Å². The van der Waals surface area contributed by atoms with E-state index in [1.54, 1.807) is 0 Å². The molecule has 0 unspecified atom stereocenters. The second-order valence-electron chi connectivity index (χ2n) is 3.47. The number of aliphatic hydroxyl groups is 1. The van der Waals surface area contributed by atoms with Crippen LogP contribution in [-0.2, 0) is 0 Å². The predicted molar refractivity (Wildman–Crippen MR) is 42.8 cm³/mol. The quantitative estimate of drug-likeness (QED) is 0.582. The number of aliphatic hydroxyl groups excluding tert-OH is 1. The van der Waals surface area contributed by atoms with Gasteiger partial charge in [-0.1, -0.05) is 19.9 Å². The van der Waals surface area contributed by atoms with Crippen molar-refractivity contribution in [3.63, 3.8) is 0 Å². The lowest BCUT2D eigenvalue weighted by atomic mass is 10.0. The monoisotopic (exact) mass is 140 g/mol. The fourth-order valence-electron chi connectivity index (χ4n) is 1.44. The van der Waals surface area contributed by atoms with Crippen LogP contribution in [0.15, 0.2) is 11.6 Å². The molecule has 0 aromatic rings. The minimum Gasteiger partial charge on any atom is -0.389 e. The summed E-state index contributed by atoms with van der Waals surface area (Å²) in [4.78, 5) is 0. The number of allylic oxidation sites excluding steroid dienone is 1. The first-order valence-corrected chi connectivity index (χ1v) is 4.07. The van der Waals surface area contributed by atoms with Gasteiger partial charge < -0.3 is 5.11 Å². The molecule has 1 rings (SSSR count). The highest BCUT2D eigenvalue weighted by atomic mass is 16.3. The van der Waals surface area contributed by atoms with Crippen molar-refractivity contribution in [1.29, 1.82) is 0 Å². The third-order valence-electron chi connectivity index (χ3n) is 1.92. The van der Waals surface area contributed by atoms with Gasteiger partial charge in [0.2, 0.25) is 0 Å². The molecule has 0 aromatic carbocycles. The molecule has 0 saturated heterocycles. The summed E-state index contributed by atoms with van der Waals surface area (Å²) in [5.41, 5.74) is 1.26. The molecule has 10 heavy (non-hydrogen) atoms. The average molecular weight is 140 g/mol. The summed E-state index contributed by atoms with van der Waals surface area (Å²) in [5.74, 6) is 0.680. The van der Waals surface area contributed by atoms with E-state index in [0.717, 1.165) is 19.3 Å². The van der Waals surface area contributed by atoms with Crippen LogP contribution in [0.3, 0.4) is 0 Å². The molecule has 0 radical (unpaired) electrons. The Labute approximate surface area is 62.8 Å². The van der Waals surface area contributed by atoms with Gasteiger partial charge in [-0.15, -0.1) is 0 Å². The lowest BCUT2D eigenvalue weighted by Gasteiger charge is -2.09. The van der Waals surface area contributed by atoms with Crippen LogP contribution < -0.4 is 0 Å². The molecule has 1 heteroatoms. The Hall–Kier alpha value is -0.300. The molecule has 0 heterocycles. The van der Waals surface area contributed by atoms with Gasteiger partial charge in [-0.05, 0) is 30.8 Å². The summed E-state index contributed by atoms with van der Waals surface area (Å²) in [6.45, 7) is 4.37. The van der Waals surface area contributed by atoms with Gasteiger partial charge in [0.15, 0.2) is 0 Å². The first-order valence-electron chi connectivity index (χ1n) is 4.07. The second-order valence-corrected chi connectivity index (χ2v) is 3.47. The Morgan fingerprint density at radius 2 is 2.40 bits per heavy atom. The van der Waals surface area contributed by atoms with Crippen LogP contribution in [0, 0.1) is 5.92 Å². The summed E-state index contributed by atoms with van der Waals surface area (Å²) in [5, 5.41) is 9.37. The highest BCUT2D eigenvalue weighted by Gasteiger charge is 2.16. The highest BCUT2D eigenvalue weighted by Crippen LogP contribution is 2.24. The molecule has 0 spiro atoms. The fraction of sp³-hybridized carbons (Fsp3) is 0.778. The number of rotatable bonds is 2. The summed E-state index contributed by atoms with van der Waals surface area (Å²) in [7, 11) is 0. The molecule has 1 nitrogen and oxygen atoms in total. The van der Waals surface area contributed by atoms with Crippen LogP contribution >= 0.6 is 0 Å². The van der Waals surface area contributed by atoms with E-state index in [9.17, 15) is 5.11 Å². The van der Waals surface area contributed by atoms with Crippen LogP contribution in [0.4, 0.5) is 0 Å². The molecular formula is C9H16O. The topological polar surface area (TPSA) is 20.2 Å². The summed E-state index contributed by atoms with van der Waals surface area (Å²) in [6.07, 6.45) is 5.15. The van der Waals surface area contributed by atoms with Crippen LogP contribution in [0.5, 0.6) is 0 Å². The molecule has 0 amide bonds. The minimum atomic E-state index is -0.123. The molecule has 1 N–H and O–H groups in total. The van der Waals surface area contributed by atoms with Gasteiger partial charge in [0.1, 0.15) is 0 Å². The van der Waals surface area contributed by atoms with Crippen LogP contribution in [0.2, 0.25) is 0 Å². The Morgan fingerprint density at radius 1 is 1.70 bits per heavy atom. The Bertz CT molecular complexity index is 136. The number of hydrogen-bond acceptors (Lipinski definition) is 1. The van der Waals surface area contributed by atoms with Crippen molar-refractivity contribution in [3.05, 3.63) is 11.6 Å². The van der Waals surface area contributed by atoms with Crippen molar-refractivity contribution in [3.8, 4) is 0 Å². The van der Waals surface area contributed by atoms with Crippen molar-refractivity contribution in [2.45, 2.75) is 39.2 Å². The van der Waals surface area contributed by atoms with Gasteiger partial charge in [0.05, 0.1) is 6.10 Å². The Balaban J connectivity index is 2.40. The summed E-state index contributed by atoms with van der Waals surface area (Å²) < 4.78 is 0. The van der Waals surface area contributed by atoms with Crippen molar-refractivity contribution in [2.24, 2.45) is 5.92 Å². The van der Waals surface area contributed by atoms with E-state index in [1.807, 2.05) is 0 Å². The lowest BCUT2D eigenvalue weighted by Crippen LogP contribution is -2.06. The summed E-state index contributed by atoms with van der Waals surface area (Å²) >= 11 is 0. The molecule has 0 bridgehead atoms. The van der Waals surface area contributed by atoms with Gasteiger partial charge in [-0.2, -0.15) is 0 Å². The molecule has 0 fully saturated rings. The zero-order chi connectivity index (χ0) is 7.56. The molecule has 58 valence electrons. The SMILES string of the molecule is CC(C)CC1=CCC[C@H]1O. The third kappa shape index (κ3) is 1.84. The molecule has 1 aliphatic carbocycles. The fourth-order valence-corrected chi connectivity index (χ4v) is 1.44. The maximum absolute atomic E-state index is 9.37. The molecule has 0 aromatic heterocycles. The van der Waals surface area contributed by atoms with Gasteiger partial charge >= 0.3 is 0 Å². The number of hydrogen-bond donors (Lipinski definition) is 1. The molecule has 0 aliphatic heterocycles. The van der Waals surface area contributed by atoms with Crippen LogP contribution in [-0.4, -0.2) is 11.2 Å². The van der Waals surface area contributed by atoms with E-state index in [-0.39, 0.29) is 6.10 Å². The van der Waals surface area contributed by atoms with Crippen LogP contribution in [0.25, 0.3) is 0 Å². The third-order valence-corrected chi connectivity index (χ3v) is 1.92. The summed E-state index contributed by atoms with van der Waals surface area (Å²) in [6, 6.07) is 0. The molecule has 1 atom stereocenters. The average Bonchev–Trinajstić information content (AvgIpc) is 2.15. The van der Waals surface area contributed by atoms with Gasteiger partial charge in [-0.25, -0.2) is 0 Å². The van der Waals surface area contributed by atoms with E-state index in [0.29, 0.717) is 5.92 Å². The second kappa shape index (κ2) is 3.20. The molecular weight excluding hydrogens is 124 g/mol. The van der Waals surface area contributed by atoms with E-state index in [2.05, 4.69) is 19.9 Å². The van der Waals surface area contributed by atoms with E-state index < -0.39 is 0 Å². The van der Waals surface area contributed by atoms with Gasteiger partial charge in [0, 0.05) is 0 Å². The van der Waals surface area contributed by atoms with Crippen molar-refractivity contribution in [1.82, 2.24) is 0 Å². The smallest absolute Gasteiger partial charge is 0.0753 e. The largest absolute Gasteiger partial charge is 0.389 e.